The summed E-state index contributed by atoms with van der Waals surface area (Å²) in [6, 6.07) is 6.42. The van der Waals surface area contributed by atoms with E-state index in [0.717, 1.165) is 51.6 Å². The number of rotatable bonds is 3. The van der Waals surface area contributed by atoms with E-state index in [4.69, 9.17) is 0 Å². The van der Waals surface area contributed by atoms with Crippen molar-refractivity contribution in [3.05, 3.63) is 24.3 Å². The van der Waals surface area contributed by atoms with Crippen molar-refractivity contribution in [1.82, 2.24) is 9.21 Å². The molecule has 3 rings (SSSR count). The Morgan fingerprint density at radius 2 is 1.32 bits per heavy atom. The molecule has 2 fully saturated rings. The Balaban J connectivity index is 1.65. The number of anilines is 1. The Hall–Kier alpha value is -1.60. The first-order valence-electron chi connectivity index (χ1n) is 9.23. The number of carbonyl (C=O) groups is 1. The lowest BCUT2D eigenvalue weighted by molar-refractivity contribution is 0.200. The van der Waals surface area contributed by atoms with Crippen LogP contribution in [0.4, 0.5) is 10.5 Å². The first-order valence-corrected chi connectivity index (χ1v) is 10.7. The molecule has 0 atom stereocenters. The van der Waals surface area contributed by atoms with E-state index in [1.165, 1.54) is 6.42 Å². The van der Waals surface area contributed by atoms with Crippen LogP contribution in [0.1, 0.15) is 44.9 Å². The lowest BCUT2D eigenvalue weighted by Gasteiger charge is -2.26. The summed E-state index contributed by atoms with van der Waals surface area (Å²) in [5, 5.41) is 2.86. The molecule has 7 heteroatoms. The van der Waals surface area contributed by atoms with Crippen molar-refractivity contribution in [2.45, 2.75) is 49.8 Å². The van der Waals surface area contributed by atoms with Crippen molar-refractivity contribution in [1.29, 1.82) is 0 Å². The number of nitrogens with one attached hydrogen (secondary N) is 1. The zero-order chi connectivity index (χ0) is 17.7. The molecule has 0 aromatic heterocycles. The summed E-state index contributed by atoms with van der Waals surface area (Å²) >= 11 is 0. The Bertz CT molecular complexity index is 674. The van der Waals surface area contributed by atoms with Crippen LogP contribution >= 0.6 is 0 Å². The fourth-order valence-corrected chi connectivity index (χ4v) is 4.96. The second kappa shape index (κ2) is 8.19. The maximum Gasteiger partial charge on any atom is 0.321 e. The van der Waals surface area contributed by atoms with E-state index < -0.39 is 10.0 Å². The fraction of sp³-hybridized carbons (Fsp3) is 0.611. The van der Waals surface area contributed by atoms with Crippen molar-refractivity contribution in [2.24, 2.45) is 0 Å². The standard InChI is InChI=1S/C18H27N3O3S/c22-18(20-12-4-3-5-13-20)19-16-8-10-17(11-9-16)25(23,24)21-14-6-1-2-7-15-21/h8-11H,1-7,12-15H2,(H,19,22). The summed E-state index contributed by atoms with van der Waals surface area (Å²) in [6.45, 7) is 2.76. The molecule has 0 unspecified atom stereocenters. The van der Waals surface area contributed by atoms with Crippen LogP contribution in [-0.2, 0) is 10.0 Å². The van der Waals surface area contributed by atoms with Gasteiger partial charge in [-0.15, -0.1) is 0 Å². The number of hydrogen-bond acceptors (Lipinski definition) is 3. The summed E-state index contributed by atoms with van der Waals surface area (Å²) in [5.41, 5.74) is 0.630. The molecule has 0 radical (unpaired) electrons. The van der Waals surface area contributed by atoms with Gasteiger partial charge in [0.15, 0.2) is 0 Å². The van der Waals surface area contributed by atoms with Gasteiger partial charge >= 0.3 is 6.03 Å². The smallest absolute Gasteiger partial charge is 0.321 e. The van der Waals surface area contributed by atoms with Crippen molar-refractivity contribution in [3.63, 3.8) is 0 Å². The van der Waals surface area contributed by atoms with E-state index in [-0.39, 0.29) is 6.03 Å². The number of nitrogens with zero attached hydrogens (tertiary/aromatic N) is 2. The van der Waals surface area contributed by atoms with Gasteiger partial charge in [-0.05, 0) is 56.4 Å². The van der Waals surface area contributed by atoms with Gasteiger partial charge in [-0.25, -0.2) is 13.2 Å². The van der Waals surface area contributed by atoms with Crippen LogP contribution in [0.15, 0.2) is 29.2 Å². The van der Waals surface area contributed by atoms with Crippen molar-refractivity contribution >= 4 is 21.7 Å². The first kappa shape index (κ1) is 18.2. The largest absolute Gasteiger partial charge is 0.325 e. The molecule has 0 bridgehead atoms. The normalized spacial score (nSPS) is 20.1. The van der Waals surface area contributed by atoms with Crippen LogP contribution in [-0.4, -0.2) is 49.8 Å². The van der Waals surface area contributed by atoms with Crippen LogP contribution in [0.3, 0.4) is 0 Å². The first-order chi connectivity index (χ1) is 12.1. The number of urea groups is 1. The molecule has 25 heavy (non-hydrogen) atoms. The van der Waals surface area contributed by atoms with E-state index in [1.54, 1.807) is 28.6 Å². The molecule has 1 aromatic rings. The van der Waals surface area contributed by atoms with Crippen molar-refractivity contribution in [2.75, 3.05) is 31.5 Å². The highest BCUT2D eigenvalue weighted by Crippen LogP contribution is 2.22. The predicted molar refractivity (Wildman–Crippen MR) is 98.1 cm³/mol. The van der Waals surface area contributed by atoms with E-state index in [2.05, 4.69) is 5.32 Å². The maximum absolute atomic E-state index is 12.8. The molecular formula is C18H27N3O3S. The minimum Gasteiger partial charge on any atom is -0.325 e. The molecular weight excluding hydrogens is 338 g/mol. The molecule has 0 saturated carbocycles. The van der Waals surface area contributed by atoms with Gasteiger partial charge in [0.2, 0.25) is 10.0 Å². The second-order valence-electron chi connectivity index (χ2n) is 6.82. The number of hydrogen-bond donors (Lipinski definition) is 1. The predicted octanol–water partition coefficient (Wildman–Crippen LogP) is 3.27. The quantitative estimate of drug-likeness (QED) is 0.894. The van der Waals surface area contributed by atoms with Gasteiger partial charge in [0.05, 0.1) is 4.90 Å². The Kier molecular flexibility index (Phi) is 5.96. The third kappa shape index (κ3) is 4.52. The lowest BCUT2D eigenvalue weighted by atomic mass is 10.1. The highest BCUT2D eigenvalue weighted by Gasteiger charge is 2.25. The van der Waals surface area contributed by atoms with Crippen molar-refractivity contribution < 1.29 is 13.2 Å². The summed E-state index contributed by atoms with van der Waals surface area (Å²) in [6.07, 6.45) is 7.28. The minimum atomic E-state index is -3.44. The number of sulfonamides is 1. The van der Waals surface area contributed by atoms with Gasteiger partial charge < -0.3 is 10.2 Å². The lowest BCUT2D eigenvalue weighted by Crippen LogP contribution is -2.38. The van der Waals surface area contributed by atoms with Gasteiger partial charge in [-0.2, -0.15) is 4.31 Å². The van der Waals surface area contributed by atoms with Crippen LogP contribution < -0.4 is 5.32 Å². The van der Waals surface area contributed by atoms with Gasteiger partial charge in [0, 0.05) is 31.9 Å². The number of carbonyl (C=O) groups excluding carboxylic acids is 1. The van der Waals surface area contributed by atoms with Gasteiger partial charge in [-0.3, -0.25) is 0 Å². The van der Waals surface area contributed by atoms with Gasteiger partial charge in [-0.1, -0.05) is 12.8 Å². The van der Waals surface area contributed by atoms with Crippen molar-refractivity contribution in [3.8, 4) is 0 Å². The molecule has 2 aliphatic heterocycles. The second-order valence-corrected chi connectivity index (χ2v) is 8.76. The van der Waals surface area contributed by atoms with Crippen LogP contribution in [0.5, 0.6) is 0 Å². The summed E-state index contributed by atoms with van der Waals surface area (Å²) in [4.78, 5) is 14.3. The SMILES string of the molecule is O=C(Nc1ccc(S(=O)(=O)N2CCCCCC2)cc1)N1CCCCC1. The number of piperidine rings is 1. The molecule has 2 amide bonds. The minimum absolute atomic E-state index is 0.108. The third-order valence-electron chi connectivity index (χ3n) is 4.95. The van der Waals surface area contributed by atoms with Crippen LogP contribution in [0.25, 0.3) is 0 Å². The molecule has 0 spiro atoms. The summed E-state index contributed by atoms with van der Waals surface area (Å²) in [5.74, 6) is 0. The number of likely N-dealkylation sites (tertiary alicyclic amines) is 1. The summed E-state index contributed by atoms with van der Waals surface area (Å²) < 4.78 is 27.1. The Labute approximate surface area is 150 Å². The zero-order valence-electron chi connectivity index (χ0n) is 14.6. The van der Waals surface area contributed by atoms with E-state index in [1.807, 2.05) is 4.90 Å². The van der Waals surface area contributed by atoms with Crippen LogP contribution in [0.2, 0.25) is 0 Å². The van der Waals surface area contributed by atoms with E-state index >= 15 is 0 Å². The zero-order valence-corrected chi connectivity index (χ0v) is 15.4. The molecule has 2 heterocycles. The average Bonchev–Trinajstić information content (AvgIpc) is 2.93. The monoisotopic (exact) mass is 365 g/mol. The topological polar surface area (TPSA) is 69.7 Å². The van der Waals surface area contributed by atoms with E-state index in [0.29, 0.717) is 23.7 Å². The number of amides is 2. The van der Waals surface area contributed by atoms with Crippen LogP contribution in [0, 0.1) is 0 Å². The number of benzene rings is 1. The molecule has 1 N–H and O–H groups in total. The Morgan fingerprint density at radius 1 is 0.800 bits per heavy atom. The summed E-state index contributed by atoms with van der Waals surface area (Å²) in [7, 11) is -3.44. The highest BCUT2D eigenvalue weighted by atomic mass is 32.2. The maximum atomic E-state index is 12.8. The molecule has 1 aromatic carbocycles. The molecule has 138 valence electrons. The third-order valence-corrected chi connectivity index (χ3v) is 6.86. The molecule has 2 saturated heterocycles. The van der Waals surface area contributed by atoms with E-state index in [9.17, 15) is 13.2 Å². The Morgan fingerprint density at radius 3 is 1.92 bits per heavy atom. The van der Waals surface area contributed by atoms with Gasteiger partial charge in [0.1, 0.15) is 0 Å². The van der Waals surface area contributed by atoms with Gasteiger partial charge in [0.25, 0.3) is 0 Å². The molecule has 0 aliphatic carbocycles. The molecule has 6 nitrogen and oxygen atoms in total. The highest BCUT2D eigenvalue weighted by molar-refractivity contribution is 7.89. The fourth-order valence-electron chi connectivity index (χ4n) is 3.44. The average molecular weight is 365 g/mol. The molecule has 2 aliphatic rings.